The van der Waals surface area contributed by atoms with E-state index in [0.717, 1.165) is 59.7 Å². The number of para-hydroxylation sites is 3. The molecule has 0 unspecified atom stereocenters. The Labute approximate surface area is 167 Å². The Balaban J connectivity index is 2.13. The number of anilines is 3. The second-order valence-corrected chi connectivity index (χ2v) is 7.52. The van der Waals surface area contributed by atoms with Gasteiger partial charge in [0.15, 0.2) is 0 Å². The van der Waals surface area contributed by atoms with Gasteiger partial charge in [-0.15, -0.1) is 0 Å². The van der Waals surface area contributed by atoms with Crippen LogP contribution in [-0.2, 0) is 5.54 Å². The predicted molar refractivity (Wildman–Crippen MR) is 118 cm³/mol. The van der Waals surface area contributed by atoms with Crippen LogP contribution in [0.25, 0.3) is 0 Å². The molecule has 4 rings (SSSR count). The van der Waals surface area contributed by atoms with Gasteiger partial charge in [0.2, 0.25) is 0 Å². The third-order valence-electron chi connectivity index (χ3n) is 5.88. The maximum absolute atomic E-state index is 6.58. The van der Waals surface area contributed by atoms with Crippen LogP contribution >= 0.6 is 0 Å². The number of hydrogen-bond donors (Lipinski definition) is 3. The molecule has 28 heavy (non-hydrogen) atoms. The lowest BCUT2D eigenvalue weighted by atomic mass is 9.73. The van der Waals surface area contributed by atoms with Gasteiger partial charge in [-0.25, -0.2) is 0 Å². The molecule has 3 aromatic carbocycles. The standard InChI is InChI=1S/C24H28N4/c25-21-13-5-2-10-18(21)24(28-16-8-1-9-17-28,19-11-3-6-14-22(19)26)20-12-4-7-15-23(20)27/h2-7,10-15H,1,8-9,16-17,25-27H2. The molecule has 0 aromatic heterocycles. The summed E-state index contributed by atoms with van der Waals surface area (Å²) in [6, 6.07) is 24.3. The molecule has 0 aliphatic carbocycles. The highest BCUT2D eigenvalue weighted by molar-refractivity contribution is 5.69. The summed E-state index contributed by atoms with van der Waals surface area (Å²) in [5.74, 6) is 0. The van der Waals surface area contributed by atoms with Crippen molar-refractivity contribution in [1.82, 2.24) is 4.90 Å². The topological polar surface area (TPSA) is 81.3 Å². The maximum Gasteiger partial charge on any atom is 0.103 e. The van der Waals surface area contributed by atoms with Crippen molar-refractivity contribution in [3.63, 3.8) is 0 Å². The van der Waals surface area contributed by atoms with Gasteiger partial charge >= 0.3 is 0 Å². The number of nitrogen functional groups attached to an aromatic ring is 3. The maximum atomic E-state index is 6.58. The van der Waals surface area contributed by atoms with Crippen molar-refractivity contribution in [2.24, 2.45) is 0 Å². The van der Waals surface area contributed by atoms with Crippen molar-refractivity contribution in [3.05, 3.63) is 89.5 Å². The van der Waals surface area contributed by atoms with Gasteiger partial charge in [-0.3, -0.25) is 4.90 Å². The van der Waals surface area contributed by atoms with Gasteiger partial charge in [0.05, 0.1) is 0 Å². The molecule has 144 valence electrons. The summed E-state index contributed by atoms with van der Waals surface area (Å²) in [6.45, 7) is 1.94. The number of piperidine rings is 1. The summed E-state index contributed by atoms with van der Waals surface area (Å²) in [5, 5.41) is 0. The molecule has 1 saturated heterocycles. The van der Waals surface area contributed by atoms with Gasteiger partial charge in [-0.05, 0) is 44.1 Å². The minimum atomic E-state index is -0.623. The van der Waals surface area contributed by atoms with Crippen LogP contribution in [0.2, 0.25) is 0 Å². The van der Waals surface area contributed by atoms with Crippen LogP contribution in [0, 0.1) is 0 Å². The molecule has 0 amide bonds. The Morgan fingerprint density at radius 3 is 1.25 bits per heavy atom. The van der Waals surface area contributed by atoms with Crippen molar-refractivity contribution in [1.29, 1.82) is 0 Å². The molecular formula is C24H28N4. The minimum absolute atomic E-state index is 0.623. The highest BCUT2D eigenvalue weighted by atomic mass is 15.2. The molecule has 0 saturated carbocycles. The Morgan fingerprint density at radius 2 is 0.893 bits per heavy atom. The second kappa shape index (κ2) is 7.56. The van der Waals surface area contributed by atoms with Crippen molar-refractivity contribution in [2.75, 3.05) is 30.3 Å². The summed E-state index contributed by atoms with van der Waals surface area (Å²) in [5.41, 5.74) is 24.5. The number of benzene rings is 3. The number of rotatable bonds is 4. The van der Waals surface area contributed by atoms with Crippen molar-refractivity contribution in [2.45, 2.75) is 24.8 Å². The molecule has 1 aliphatic heterocycles. The van der Waals surface area contributed by atoms with E-state index in [9.17, 15) is 0 Å². The normalized spacial score (nSPS) is 15.4. The first-order valence-corrected chi connectivity index (χ1v) is 9.95. The lowest BCUT2D eigenvalue weighted by molar-refractivity contribution is 0.129. The summed E-state index contributed by atoms with van der Waals surface area (Å²) in [6.07, 6.45) is 3.54. The molecule has 3 aromatic rings. The van der Waals surface area contributed by atoms with Crippen LogP contribution in [-0.4, -0.2) is 18.0 Å². The smallest absolute Gasteiger partial charge is 0.103 e. The van der Waals surface area contributed by atoms with Crippen LogP contribution in [0.15, 0.2) is 72.8 Å². The van der Waals surface area contributed by atoms with E-state index in [1.807, 2.05) is 54.6 Å². The predicted octanol–water partition coefficient (Wildman–Crippen LogP) is 4.21. The zero-order valence-electron chi connectivity index (χ0n) is 16.1. The van der Waals surface area contributed by atoms with Gasteiger partial charge in [0.25, 0.3) is 0 Å². The highest BCUT2D eigenvalue weighted by Gasteiger charge is 2.45. The SMILES string of the molecule is Nc1ccccc1C(c1ccccc1N)(c1ccccc1N)N1CCCCC1. The Hall–Kier alpha value is -2.98. The molecule has 1 fully saturated rings. The number of likely N-dealkylation sites (tertiary alicyclic amines) is 1. The molecule has 4 nitrogen and oxygen atoms in total. The lowest BCUT2D eigenvalue weighted by Gasteiger charge is -2.48. The molecule has 0 atom stereocenters. The summed E-state index contributed by atoms with van der Waals surface area (Å²) in [4.78, 5) is 2.51. The van der Waals surface area contributed by atoms with E-state index in [2.05, 4.69) is 23.1 Å². The number of hydrogen-bond acceptors (Lipinski definition) is 4. The van der Waals surface area contributed by atoms with E-state index in [-0.39, 0.29) is 0 Å². The molecule has 6 N–H and O–H groups in total. The molecule has 0 spiro atoms. The van der Waals surface area contributed by atoms with E-state index in [1.54, 1.807) is 0 Å². The fourth-order valence-electron chi connectivity index (χ4n) is 4.66. The van der Waals surface area contributed by atoms with E-state index >= 15 is 0 Å². The average molecular weight is 373 g/mol. The first-order valence-electron chi connectivity index (χ1n) is 9.95. The fraction of sp³-hybridized carbons (Fsp3) is 0.250. The van der Waals surface area contributed by atoms with Crippen molar-refractivity contribution >= 4 is 17.1 Å². The van der Waals surface area contributed by atoms with Crippen LogP contribution in [0.3, 0.4) is 0 Å². The zero-order valence-corrected chi connectivity index (χ0v) is 16.1. The lowest BCUT2D eigenvalue weighted by Crippen LogP contribution is -2.51. The molecule has 1 heterocycles. The Morgan fingerprint density at radius 1 is 0.536 bits per heavy atom. The van der Waals surface area contributed by atoms with Gasteiger partial charge in [-0.2, -0.15) is 0 Å². The van der Waals surface area contributed by atoms with E-state index in [0.29, 0.717) is 0 Å². The molecule has 4 heteroatoms. The molecule has 0 radical (unpaired) electrons. The molecule has 1 aliphatic rings. The van der Waals surface area contributed by atoms with E-state index in [4.69, 9.17) is 17.2 Å². The van der Waals surface area contributed by atoms with Crippen LogP contribution < -0.4 is 17.2 Å². The van der Waals surface area contributed by atoms with Gasteiger partial charge in [0.1, 0.15) is 5.54 Å². The quantitative estimate of drug-likeness (QED) is 0.473. The third kappa shape index (κ3) is 2.90. The van der Waals surface area contributed by atoms with Crippen LogP contribution in [0.1, 0.15) is 36.0 Å². The summed E-state index contributed by atoms with van der Waals surface area (Å²) >= 11 is 0. The van der Waals surface area contributed by atoms with Gasteiger partial charge in [0, 0.05) is 33.8 Å². The molecular weight excluding hydrogens is 344 g/mol. The van der Waals surface area contributed by atoms with Gasteiger partial charge in [-0.1, -0.05) is 61.0 Å². The minimum Gasteiger partial charge on any atom is -0.398 e. The van der Waals surface area contributed by atoms with Crippen LogP contribution in [0.4, 0.5) is 17.1 Å². The largest absolute Gasteiger partial charge is 0.398 e. The Bertz CT molecular complexity index is 849. The van der Waals surface area contributed by atoms with Gasteiger partial charge < -0.3 is 17.2 Å². The van der Waals surface area contributed by atoms with E-state index < -0.39 is 5.54 Å². The van der Waals surface area contributed by atoms with Crippen molar-refractivity contribution in [3.8, 4) is 0 Å². The molecule has 0 bridgehead atoms. The average Bonchev–Trinajstić information content (AvgIpc) is 2.73. The zero-order chi connectivity index (χ0) is 19.6. The van der Waals surface area contributed by atoms with E-state index in [1.165, 1.54) is 6.42 Å². The fourth-order valence-corrected chi connectivity index (χ4v) is 4.66. The Kier molecular flexibility index (Phi) is 4.97. The first kappa shape index (κ1) is 18.4. The summed E-state index contributed by atoms with van der Waals surface area (Å²) in [7, 11) is 0. The summed E-state index contributed by atoms with van der Waals surface area (Å²) < 4.78 is 0. The monoisotopic (exact) mass is 372 g/mol. The van der Waals surface area contributed by atoms with Crippen LogP contribution in [0.5, 0.6) is 0 Å². The van der Waals surface area contributed by atoms with Crippen molar-refractivity contribution < 1.29 is 0 Å². The number of nitrogens with zero attached hydrogens (tertiary/aromatic N) is 1. The second-order valence-electron chi connectivity index (χ2n) is 7.52. The third-order valence-corrected chi connectivity index (χ3v) is 5.88. The number of nitrogens with two attached hydrogens (primary N) is 3. The highest BCUT2D eigenvalue weighted by Crippen LogP contribution is 2.49. The first-order chi connectivity index (χ1) is 13.7.